The summed E-state index contributed by atoms with van der Waals surface area (Å²) in [5, 5.41) is 8.95. The van der Waals surface area contributed by atoms with Crippen molar-refractivity contribution < 1.29 is 14.3 Å². The predicted molar refractivity (Wildman–Crippen MR) is 36.0 cm³/mol. The Morgan fingerprint density at radius 3 is 3.00 bits per heavy atom. The van der Waals surface area contributed by atoms with E-state index in [4.69, 9.17) is 9.84 Å². The van der Waals surface area contributed by atoms with E-state index >= 15 is 0 Å². The third-order valence-corrected chi connectivity index (χ3v) is 1.30. The van der Waals surface area contributed by atoms with Gasteiger partial charge < -0.3 is 14.3 Å². The van der Waals surface area contributed by atoms with Crippen LogP contribution in [-0.2, 0) is 11.2 Å². The molecule has 0 bridgehead atoms. The van der Waals surface area contributed by atoms with Gasteiger partial charge in [-0.25, -0.2) is 0 Å². The molecule has 1 heterocycles. The largest absolute Gasteiger partial charge is 0.481 e. The Hall–Kier alpha value is -0.960. The van der Waals surface area contributed by atoms with Gasteiger partial charge in [0.1, 0.15) is 0 Å². The molecule has 0 saturated carbocycles. The van der Waals surface area contributed by atoms with Crippen molar-refractivity contribution in [1.82, 2.24) is 0 Å². The zero-order valence-electron chi connectivity index (χ0n) is 5.83. The standard InChI is InChI=1S/C7H10O3/c1-9-4-2-6-3-5-10-7(6)8/h3,5,8H,2,4H2,1H3. The molecule has 3 heteroatoms. The average Bonchev–Trinajstić information content (AvgIpc) is 2.31. The molecule has 0 radical (unpaired) electrons. The molecular formula is C7H10O3. The highest BCUT2D eigenvalue weighted by atomic mass is 16.5. The molecule has 0 spiro atoms. The highest BCUT2D eigenvalue weighted by Gasteiger charge is 2.01. The predicted octanol–water partition coefficient (Wildman–Crippen LogP) is 1.17. The molecule has 1 aromatic rings. The van der Waals surface area contributed by atoms with Crippen LogP contribution in [0.1, 0.15) is 5.56 Å². The van der Waals surface area contributed by atoms with Crippen molar-refractivity contribution in [2.75, 3.05) is 13.7 Å². The summed E-state index contributed by atoms with van der Waals surface area (Å²) < 4.78 is 9.48. The first kappa shape index (κ1) is 7.15. The lowest BCUT2D eigenvalue weighted by atomic mass is 10.2. The highest BCUT2D eigenvalue weighted by molar-refractivity contribution is 5.20. The fourth-order valence-electron chi connectivity index (χ4n) is 0.730. The number of methoxy groups -OCH3 is 1. The molecule has 0 aliphatic carbocycles. The molecule has 0 unspecified atom stereocenters. The summed E-state index contributed by atoms with van der Waals surface area (Å²) in [6.45, 7) is 0.604. The molecule has 1 N–H and O–H groups in total. The Morgan fingerprint density at radius 2 is 2.50 bits per heavy atom. The second-order valence-corrected chi connectivity index (χ2v) is 1.99. The summed E-state index contributed by atoms with van der Waals surface area (Å²) in [6.07, 6.45) is 2.15. The molecule has 1 rings (SSSR count). The molecule has 0 atom stereocenters. The van der Waals surface area contributed by atoms with Crippen LogP contribution < -0.4 is 0 Å². The number of rotatable bonds is 3. The number of furan rings is 1. The molecule has 0 aliphatic heterocycles. The molecule has 0 amide bonds. The van der Waals surface area contributed by atoms with Crippen molar-refractivity contribution in [2.24, 2.45) is 0 Å². The Morgan fingerprint density at radius 1 is 1.70 bits per heavy atom. The van der Waals surface area contributed by atoms with Crippen LogP contribution >= 0.6 is 0 Å². The van der Waals surface area contributed by atoms with Gasteiger partial charge in [-0.05, 0) is 6.07 Å². The molecule has 0 aliphatic rings. The Labute approximate surface area is 59.2 Å². The first-order chi connectivity index (χ1) is 4.84. The average molecular weight is 142 g/mol. The van der Waals surface area contributed by atoms with Gasteiger partial charge in [0.05, 0.1) is 12.9 Å². The summed E-state index contributed by atoms with van der Waals surface area (Å²) in [5.74, 6) is -0.00273. The summed E-state index contributed by atoms with van der Waals surface area (Å²) in [7, 11) is 1.62. The topological polar surface area (TPSA) is 42.6 Å². The van der Waals surface area contributed by atoms with Crippen molar-refractivity contribution in [3.63, 3.8) is 0 Å². The van der Waals surface area contributed by atoms with Crippen LogP contribution in [0.5, 0.6) is 5.95 Å². The summed E-state index contributed by atoms with van der Waals surface area (Å²) in [4.78, 5) is 0. The second kappa shape index (κ2) is 3.27. The number of aromatic hydroxyl groups is 1. The molecule has 3 nitrogen and oxygen atoms in total. The van der Waals surface area contributed by atoms with Gasteiger partial charge in [-0.15, -0.1) is 0 Å². The lowest BCUT2D eigenvalue weighted by molar-refractivity contribution is 0.200. The zero-order chi connectivity index (χ0) is 7.40. The van der Waals surface area contributed by atoms with E-state index in [1.54, 1.807) is 13.2 Å². The van der Waals surface area contributed by atoms with Crippen LogP contribution in [0, 0.1) is 0 Å². The van der Waals surface area contributed by atoms with Gasteiger partial charge in [0, 0.05) is 19.1 Å². The van der Waals surface area contributed by atoms with E-state index in [-0.39, 0.29) is 5.95 Å². The zero-order valence-corrected chi connectivity index (χ0v) is 5.83. The Balaban J connectivity index is 2.49. The molecule has 56 valence electrons. The lowest BCUT2D eigenvalue weighted by Crippen LogP contribution is -1.92. The van der Waals surface area contributed by atoms with Crippen LogP contribution in [0.4, 0.5) is 0 Å². The van der Waals surface area contributed by atoms with Gasteiger partial charge in [-0.1, -0.05) is 0 Å². The lowest BCUT2D eigenvalue weighted by Gasteiger charge is -1.94. The van der Waals surface area contributed by atoms with E-state index in [0.717, 1.165) is 5.56 Å². The van der Waals surface area contributed by atoms with Gasteiger partial charge >= 0.3 is 0 Å². The SMILES string of the molecule is COCCc1ccoc1O. The smallest absolute Gasteiger partial charge is 0.285 e. The monoisotopic (exact) mass is 142 g/mol. The van der Waals surface area contributed by atoms with E-state index in [1.807, 2.05) is 0 Å². The fraction of sp³-hybridized carbons (Fsp3) is 0.429. The quantitative estimate of drug-likeness (QED) is 0.688. The van der Waals surface area contributed by atoms with Crippen LogP contribution in [0.2, 0.25) is 0 Å². The van der Waals surface area contributed by atoms with Crippen LogP contribution in [0.15, 0.2) is 16.7 Å². The van der Waals surface area contributed by atoms with Gasteiger partial charge in [-0.2, -0.15) is 0 Å². The molecule has 0 saturated heterocycles. The van der Waals surface area contributed by atoms with Crippen molar-refractivity contribution in [3.8, 4) is 5.95 Å². The van der Waals surface area contributed by atoms with E-state index < -0.39 is 0 Å². The molecular weight excluding hydrogens is 132 g/mol. The third kappa shape index (κ3) is 1.51. The first-order valence-corrected chi connectivity index (χ1v) is 3.09. The normalized spacial score (nSPS) is 10.1. The summed E-state index contributed by atoms with van der Waals surface area (Å²) in [6, 6.07) is 1.73. The van der Waals surface area contributed by atoms with E-state index in [1.165, 1.54) is 6.26 Å². The number of hydrogen-bond acceptors (Lipinski definition) is 3. The van der Waals surface area contributed by atoms with Crippen LogP contribution in [-0.4, -0.2) is 18.8 Å². The van der Waals surface area contributed by atoms with Crippen molar-refractivity contribution in [3.05, 3.63) is 17.9 Å². The summed E-state index contributed by atoms with van der Waals surface area (Å²) in [5.41, 5.74) is 0.793. The third-order valence-electron chi connectivity index (χ3n) is 1.30. The van der Waals surface area contributed by atoms with Crippen LogP contribution in [0.25, 0.3) is 0 Å². The maximum absolute atomic E-state index is 8.95. The maximum atomic E-state index is 8.95. The van der Waals surface area contributed by atoms with Gasteiger partial charge in [0.15, 0.2) is 0 Å². The van der Waals surface area contributed by atoms with Gasteiger partial charge in [0.25, 0.3) is 5.95 Å². The summed E-state index contributed by atoms with van der Waals surface area (Å²) >= 11 is 0. The Bertz CT molecular complexity index is 192. The second-order valence-electron chi connectivity index (χ2n) is 1.99. The number of ether oxygens (including phenoxy) is 1. The number of hydrogen-bond donors (Lipinski definition) is 1. The van der Waals surface area contributed by atoms with Crippen molar-refractivity contribution in [2.45, 2.75) is 6.42 Å². The van der Waals surface area contributed by atoms with Crippen molar-refractivity contribution in [1.29, 1.82) is 0 Å². The molecule has 0 aromatic carbocycles. The first-order valence-electron chi connectivity index (χ1n) is 3.09. The molecule has 1 aromatic heterocycles. The van der Waals surface area contributed by atoms with E-state index in [0.29, 0.717) is 13.0 Å². The van der Waals surface area contributed by atoms with E-state index in [2.05, 4.69) is 4.42 Å². The minimum Gasteiger partial charge on any atom is -0.481 e. The van der Waals surface area contributed by atoms with Crippen LogP contribution in [0.3, 0.4) is 0 Å². The maximum Gasteiger partial charge on any atom is 0.285 e. The molecule has 0 fully saturated rings. The van der Waals surface area contributed by atoms with Gasteiger partial charge in [-0.3, -0.25) is 0 Å². The molecule has 10 heavy (non-hydrogen) atoms. The fourth-order valence-corrected chi connectivity index (χ4v) is 0.730. The minimum absolute atomic E-state index is 0.00273. The van der Waals surface area contributed by atoms with Gasteiger partial charge in [0.2, 0.25) is 0 Å². The van der Waals surface area contributed by atoms with E-state index in [9.17, 15) is 0 Å². The minimum atomic E-state index is -0.00273. The Kier molecular flexibility index (Phi) is 2.34. The van der Waals surface area contributed by atoms with Crippen molar-refractivity contribution >= 4 is 0 Å². The highest BCUT2D eigenvalue weighted by Crippen LogP contribution is 2.17.